The minimum Gasteiger partial charge on any atom is -0.392 e. The van der Waals surface area contributed by atoms with E-state index in [1.165, 1.54) is 13.0 Å². The Morgan fingerprint density at radius 2 is 2.05 bits per heavy atom. The van der Waals surface area contributed by atoms with Crippen molar-refractivity contribution in [3.05, 3.63) is 29.1 Å². The van der Waals surface area contributed by atoms with Gasteiger partial charge in [0.15, 0.2) is 0 Å². The number of halogens is 1. The molecule has 0 spiro atoms. The molecule has 108 valence electrons. The quantitative estimate of drug-likeness (QED) is 0.841. The largest absolute Gasteiger partial charge is 0.392 e. The van der Waals surface area contributed by atoms with Gasteiger partial charge in [0.2, 0.25) is 10.0 Å². The molecular formula is C13H20FNO3S. The van der Waals surface area contributed by atoms with Gasteiger partial charge >= 0.3 is 0 Å². The fourth-order valence-electron chi connectivity index (χ4n) is 1.55. The second kappa shape index (κ2) is 6.45. The Kier molecular flexibility index (Phi) is 5.46. The molecule has 0 aliphatic carbocycles. The van der Waals surface area contributed by atoms with E-state index in [1.54, 1.807) is 0 Å². The Labute approximate surface area is 113 Å². The molecule has 0 radical (unpaired) electrons. The van der Waals surface area contributed by atoms with Crippen molar-refractivity contribution in [3.63, 3.8) is 0 Å². The highest BCUT2D eigenvalue weighted by molar-refractivity contribution is 7.89. The van der Waals surface area contributed by atoms with Crippen molar-refractivity contribution in [1.29, 1.82) is 0 Å². The molecule has 0 heterocycles. The summed E-state index contributed by atoms with van der Waals surface area (Å²) in [5, 5.41) is 9.02. The lowest BCUT2D eigenvalue weighted by atomic mass is 10.1. The number of benzene rings is 1. The maximum absolute atomic E-state index is 13.6. The second-order valence-electron chi connectivity index (χ2n) is 4.72. The molecule has 0 saturated heterocycles. The summed E-state index contributed by atoms with van der Waals surface area (Å²) in [5.41, 5.74) is 0.306. The van der Waals surface area contributed by atoms with Crippen LogP contribution in [0.15, 0.2) is 17.0 Å². The summed E-state index contributed by atoms with van der Waals surface area (Å²) in [5.74, 6) is -0.420. The van der Waals surface area contributed by atoms with Crippen LogP contribution in [0.3, 0.4) is 0 Å². The molecule has 0 amide bonds. The average Bonchev–Trinajstić information content (AvgIpc) is 2.38. The Morgan fingerprint density at radius 1 is 1.42 bits per heavy atom. The molecule has 1 aromatic rings. The average molecular weight is 289 g/mol. The van der Waals surface area contributed by atoms with Gasteiger partial charge in [-0.1, -0.05) is 20.3 Å². The van der Waals surface area contributed by atoms with Crippen LogP contribution in [-0.4, -0.2) is 20.1 Å². The summed E-state index contributed by atoms with van der Waals surface area (Å²) in [7, 11) is -3.75. The zero-order chi connectivity index (χ0) is 14.6. The minimum absolute atomic E-state index is 0.0638. The van der Waals surface area contributed by atoms with Gasteiger partial charge in [-0.15, -0.1) is 0 Å². The molecule has 0 aliphatic heterocycles. The van der Waals surface area contributed by atoms with Gasteiger partial charge in [0, 0.05) is 12.1 Å². The predicted molar refractivity (Wildman–Crippen MR) is 71.7 cm³/mol. The predicted octanol–water partition coefficient (Wildman–Crippen LogP) is 1.95. The number of aliphatic hydroxyl groups excluding tert-OH is 1. The van der Waals surface area contributed by atoms with E-state index in [0.29, 0.717) is 6.54 Å². The maximum Gasteiger partial charge on any atom is 0.240 e. The van der Waals surface area contributed by atoms with E-state index in [-0.39, 0.29) is 21.9 Å². The molecule has 0 saturated carbocycles. The highest BCUT2D eigenvalue weighted by atomic mass is 32.2. The molecular weight excluding hydrogens is 269 g/mol. The van der Waals surface area contributed by atoms with E-state index >= 15 is 0 Å². The smallest absolute Gasteiger partial charge is 0.240 e. The number of sulfonamides is 1. The molecule has 0 aliphatic rings. The lowest BCUT2D eigenvalue weighted by Gasteiger charge is -2.13. The van der Waals surface area contributed by atoms with E-state index in [0.717, 1.165) is 12.5 Å². The fourth-order valence-corrected chi connectivity index (χ4v) is 3.02. The van der Waals surface area contributed by atoms with Crippen molar-refractivity contribution in [2.75, 3.05) is 6.54 Å². The van der Waals surface area contributed by atoms with Crippen LogP contribution >= 0.6 is 0 Å². The van der Waals surface area contributed by atoms with Gasteiger partial charge in [0.05, 0.1) is 11.5 Å². The molecule has 0 fully saturated rings. The summed E-state index contributed by atoms with van der Waals surface area (Å²) in [4.78, 5) is -0.111. The molecule has 6 heteroatoms. The SMILES string of the molecule is CCC(C)CNS(=O)(=O)c1cc(CO)cc(F)c1C. The summed E-state index contributed by atoms with van der Waals surface area (Å²) in [6.07, 6.45) is 0.854. The van der Waals surface area contributed by atoms with Gasteiger partial charge < -0.3 is 5.11 Å². The van der Waals surface area contributed by atoms with Crippen LogP contribution in [0.25, 0.3) is 0 Å². The van der Waals surface area contributed by atoms with Crippen LogP contribution in [0.4, 0.5) is 4.39 Å². The summed E-state index contributed by atoms with van der Waals surface area (Å²) < 4.78 is 40.4. The molecule has 1 rings (SSSR count). The van der Waals surface area contributed by atoms with Gasteiger partial charge in [0.25, 0.3) is 0 Å². The summed E-state index contributed by atoms with van der Waals surface area (Å²) in [6.45, 7) is 5.22. The molecule has 1 aromatic carbocycles. The Morgan fingerprint density at radius 3 is 2.58 bits per heavy atom. The molecule has 0 aromatic heterocycles. The third-order valence-corrected chi connectivity index (χ3v) is 4.70. The van der Waals surface area contributed by atoms with Crippen LogP contribution in [-0.2, 0) is 16.6 Å². The van der Waals surface area contributed by atoms with Crippen LogP contribution in [0.1, 0.15) is 31.4 Å². The van der Waals surface area contributed by atoms with Gasteiger partial charge in [-0.05, 0) is 30.5 Å². The standard InChI is InChI=1S/C13H20FNO3S/c1-4-9(2)7-15-19(17,18)13-6-11(8-16)5-12(14)10(13)3/h5-6,9,15-16H,4,7-8H2,1-3H3. The van der Waals surface area contributed by atoms with Crippen LogP contribution in [0.2, 0.25) is 0 Å². The Balaban J connectivity index is 3.10. The zero-order valence-corrected chi connectivity index (χ0v) is 12.2. The zero-order valence-electron chi connectivity index (χ0n) is 11.4. The van der Waals surface area contributed by atoms with Crippen molar-refractivity contribution in [3.8, 4) is 0 Å². The number of hydrogen-bond donors (Lipinski definition) is 2. The van der Waals surface area contributed by atoms with Crippen molar-refractivity contribution >= 4 is 10.0 Å². The third kappa shape index (κ3) is 3.99. The lowest BCUT2D eigenvalue weighted by molar-refractivity contribution is 0.281. The van der Waals surface area contributed by atoms with Crippen molar-refractivity contribution in [2.45, 2.75) is 38.7 Å². The number of hydrogen-bond acceptors (Lipinski definition) is 3. The highest BCUT2D eigenvalue weighted by Gasteiger charge is 2.20. The number of nitrogens with one attached hydrogen (secondary N) is 1. The Hall–Kier alpha value is -0.980. The molecule has 1 atom stereocenters. The minimum atomic E-state index is -3.75. The van der Waals surface area contributed by atoms with E-state index < -0.39 is 22.4 Å². The van der Waals surface area contributed by atoms with Gasteiger partial charge in [0.1, 0.15) is 5.82 Å². The number of rotatable bonds is 6. The van der Waals surface area contributed by atoms with Crippen molar-refractivity contribution in [2.24, 2.45) is 5.92 Å². The molecule has 2 N–H and O–H groups in total. The normalized spacial score (nSPS) is 13.5. The fraction of sp³-hybridized carbons (Fsp3) is 0.538. The second-order valence-corrected chi connectivity index (χ2v) is 6.46. The topological polar surface area (TPSA) is 66.4 Å². The third-order valence-electron chi connectivity index (χ3n) is 3.15. The molecule has 1 unspecified atom stereocenters. The molecule has 19 heavy (non-hydrogen) atoms. The van der Waals surface area contributed by atoms with Crippen LogP contribution in [0, 0.1) is 18.7 Å². The van der Waals surface area contributed by atoms with Gasteiger partial charge in [-0.25, -0.2) is 17.5 Å². The van der Waals surface area contributed by atoms with E-state index in [1.807, 2.05) is 13.8 Å². The summed E-state index contributed by atoms with van der Waals surface area (Å²) in [6, 6.07) is 2.44. The first-order valence-electron chi connectivity index (χ1n) is 6.21. The molecule has 0 bridgehead atoms. The van der Waals surface area contributed by atoms with E-state index in [4.69, 9.17) is 5.11 Å². The Bertz CT molecular complexity index is 543. The van der Waals surface area contributed by atoms with Crippen molar-refractivity contribution < 1.29 is 17.9 Å². The highest BCUT2D eigenvalue weighted by Crippen LogP contribution is 2.20. The lowest BCUT2D eigenvalue weighted by Crippen LogP contribution is -2.29. The summed E-state index contributed by atoms with van der Waals surface area (Å²) >= 11 is 0. The van der Waals surface area contributed by atoms with Crippen LogP contribution in [0.5, 0.6) is 0 Å². The number of aliphatic hydroxyl groups is 1. The molecule has 4 nitrogen and oxygen atoms in total. The van der Waals surface area contributed by atoms with Crippen LogP contribution < -0.4 is 4.72 Å². The first kappa shape index (κ1) is 16.1. The van der Waals surface area contributed by atoms with E-state index in [9.17, 15) is 12.8 Å². The van der Waals surface area contributed by atoms with Gasteiger partial charge in [-0.2, -0.15) is 0 Å². The maximum atomic E-state index is 13.6. The first-order valence-corrected chi connectivity index (χ1v) is 7.69. The monoisotopic (exact) mass is 289 g/mol. The van der Waals surface area contributed by atoms with Gasteiger partial charge in [-0.3, -0.25) is 0 Å². The van der Waals surface area contributed by atoms with Crippen molar-refractivity contribution in [1.82, 2.24) is 4.72 Å². The van der Waals surface area contributed by atoms with E-state index in [2.05, 4.69) is 4.72 Å². The first-order chi connectivity index (χ1) is 8.81.